The van der Waals surface area contributed by atoms with Crippen LogP contribution in [0.15, 0.2) is 54.1 Å². The average molecular weight is 285 g/mol. The highest BCUT2D eigenvalue weighted by atomic mass is 32.1. The molecule has 0 aliphatic rings. The molecule has 0 saturated carbocycles. The zero-order valence-electron chi connectivity index (χ0n) is 11.1. The molecule has 1 N–H and O–H groups in total. The summed E-state index contributed by atoms with van der Waals surface area (Å²) in [6.07, 6.45) is 8.61. The van der Waals surface area contributed by atoms with E-state index in [-0.39, 0.29) is 5.91 Å². The van der Waals surface area contributed by atoms with Crippen molar-refractivity contribution >= 4 is 17.2 Å². The third kappa shape index (κ3) is 4.13. The number of hydrogen-bond donors (Lipinski definition) is 1. The normalized spacial score (nSPS) is 11.2. The molecule has 0 unspecified atom stereocenters. The Hall–Kier alpha value is -2.27. The Morgan fingerprint density at radius 3 is 3.05 bits per heavy atom. The lowest BCUT2D eigenvalue weighted by atomic mass is 10.3. The molecule has 0 aliphatic carbocycles. The number of hydrogen-bond acceptors (Lipinski definition) is 4. The second-order valence-corrected chi connectivity index (χ2v) is 4.82. The number of carbonyl (C=O) groups excluding carboxylic acids is 1. The highest BCUT2D eigenvalue weighted by Gasteiger charge is 2.05. The number of nitrogens with zero attached hydrogens (tertiary/aromatic N) is 2. The molecule has 0 radical (unpaired) electrons. The van der Waals surface area contributed by atoms with Gasteiger partial charge in [-0.15, -0.1) is 11.3 Å². The first-order valence-corrected chi connectivity index (χ1v) is 7.10. The molecule has 102 valence electrons. The van der Waals surface area contributed by atoms with E-state index in [0.717, 1.165) is 16.4 Å². The van der Waals surface area contributed by atoms with Crippen molar-refractivity contribution in [3.63, 3.8) is 0 Å². The molecule has 0 bridgehead atoms. The Bertz CT molecular complexity index is 617. The number of allylic oxidation sites excluding steroid dienone is 3. The molecule has 4 nitrogen and oxygen atoms in total. The standard InChI is InChI=1S/C15H15N3OS/c1-2-3-4-8-14(19)17-10-12-11-20-15(18-12)13-7-5-6-9-16-13/h2-9,11H,10H2,1H3,(H,17,19)/b3-2+,8-4+. The summed E-state index contributed by atoms with van der Waals surface area (Å²) in [7, 11) is 0. The van der Waals surface area contributed by atoms with Crippen molar-refractivity contribution in [3.05, 3.63) is 59.8 Å². The van der Waals surface area contributed by atoms with Crippen LogP contribution >= 0.6 is 11.3 Å². The highest BCUT2D eigenvalue weighted by molar-refractivity contribution is 7.13. The summed E-state index contributed by atoms with van der Waals surface area (Å²) in [5, 5.41) is 5.58. The minimum Gasteiger partial charge on any atom is -0.347 e. The molecule has 0 atom stereocenters. The van der Waals surface area contributed by atoms with Gasteiger partial charge in [0.05, 0.1) is 17.9 Å². The minimum absolute atomic E-state index is 0.129. The molecule has 2 rings (SSSR count). The first-order chi connectivity index (χ1) is 9.79. The maximum Gasteiger partial charge on any atom is 0.244 e. The van der Waals surface area contributed by atoms with Crippen LogP contribution in [0.2, 0.25) is 0 Å². The summed E-state index contributed by atoms with van der Waals surface area (Å²) < 4.78 is 0. The summed E-state index contributed by atoms with van der Waals surface area (Å²) in [5.74, 6) is -0.129. The predicted octanol–water partition coefficient (Wildman–Crippen LogP) is 2.95. The molecule has 2 heterocycles. The second kappa shape index (κ2) is 7.35. The summed E-state index contributed by atoms with van der Waals surface area (Å²) in [6, 6.07) is 5.72. The average Bonchev–Trinajstić information content (AvgIpc) is 2.95. The molecular weight excluding hydrogens is 270 g/mol. The van der Waals surface area contributed by atoms with E-state index in [1.807, 2.05) is 42.7 Å². The fourth-order valence-electron chi connectivity index (χ4n) is 1.49. The van der Waals surface area contributed by atoms with Gasteiger partial charge >= 0.3 is 0 Å². The zero-order valence-corrected chi connectivity index (χ0v) is 11.9. The zero-order chi connectivity index (χ0) is 14.2. The van der Waals surface area contributed by atoms with Crippen LogP contribution in [0.1, 0.15) is 12.6 Å². The van der Waals surface area contributed by atoms with E-state index >= 15 is 0 Å². The van der Waals surface area contributed by atoms with E-state index in [1.165, 1.54) is 17.4 Å². The first-order valence-electron chi connectivity index (χ1n) is 6.22. The lowest BCUT2D eigenvalue weighted by Gasteiger charge is -1.98. The van der Waals surface area contributed by atoms with Gasteiger partial charge in [-0.3, -0.25) is 9.78 Å². The molecule has 20 heavy (non-hydrogen) atoms. The van der Waals surface area contributed by atoms with E-state index in [0.29, 0.717) is 6.54 Å². The Balaban J connectivity index is 1.92. The highest BCUT2D eigenvalue weighted by Crippen LogP contribution is 2.20. The molecule has 0 aliphatic heterocycles. The number of rotatable bonds is 5. The number of aromatic nitrogens is 2. The first kappa shape index (κ1) is 14.1. The molecule has 0 saturated heterocycles. The monoisotopic (exact) mass is 285 g/mol. The maximum absolute atomic E-state index is 11.5. The third-order valence-corrected chi connectivity index (χ3v) is 3.34. The van der Waals surface area contributed by atoms with Gasteiger partial charge in [0.15, 0.2) is 0 Å². The van der Waals surface area contributed by atoms with Crippen molar-refractivity contribution in [1.82, 2.24) is 15.3 Å². The molecule has 0 spiro atoms. The Kier molecular flexibility index (Phi) is 5.20. The van der Waals surface area contributed by atoms with E-state index in [2.05, 4.69) is 15.3 Å². The fourth-order valence-corrected chi connectivity index (χ4v) is 2.28. The predicted molar refractivity (Wildman–Crippen MR) is 81.1 cm³/mol. The smallest absolute Gasteiger partial charge is 0.244 e. The third-order valence-electron chi connectivity index (χ3n) is 2.43. The molecule has 0 fully saturated rings. The van der Waals surface area contributed by atoms with Crippen molar-refractivity contribution in [3.8, 4) is 10.7 Å². The lowest BCUT2D eigenvalue weighted by Crippen LogP contribution is -2.20. The van der Waals surface area contributed by atoms with Crippen LogP contribution in [0.4, 0.5) is 0 Å². The van der Waals surface area contributed by atoms with Crippen molar-refractivity contribution in [2.45, 2.75) is 13.5 Å². The summed E-state index contributed by atoms with van der Waals surface area (Å²) >= 11 is 1.52. The molecule has 2 aromatic heterocycles. The SMILES string of the molecule is C/C=C/C=C/C(=O)NCc1csc(-c2ccccn2)n1. The van der Waals surface area contributed by atoms with Crippen LogP contribution in [0.5, 0.6) is 0 Å². The van der Waals surface area contributed by atoms with Crippen molar-refractivity contribution < 1.29 is 4.79 Å². The van der Waals surface area contributed by atoms with Crippen LogP contribution in [0.3, 0.4) is 0 Å². The lowest BCUT2D eigenvalue weighted by molar-refractivity contribution is -0.116. The number of pyridine rings is 1. The largest absolute Gasteiger partial charge is 0.347 e. The van der Waals surface area contributed by atoms with Crippen molar-refractivity contribution in [2.24, 2.45) is 0 Å². The number of thiazole rings is 1. The number of amides is 1. The summed E-state index contributed by atoms with van der Waals surface area (Å²) in [6.45, 7) is 2.32. The molecule has 1 amide bonds. The van der Waals surface area contributed by atoms with Crippen LogP contribution < -0.4 is 5.32 Å². The quantitative estimate of drug-likeness (QED) is 0.679. The van der Waals surface area contributed by atoms with Gasteiger partial charge in [-0.25, -0.2) is 4.98 Å². The van der Waals surface area contributed by atoms with Crippen LogP contribution in [-0.2, 0) is 11.3 Å². The van der Waals surface area contributed by atoms with Gasteiger partial charge in [0, 0.05) is 17.7 Å². The molecular formula is C15H15N3OS. The fraction of sp³-hybridized carbons (Fsp3) is 0.133. The Morgan fingerprint density at radius 1 is 1.40 bits per heavy atom. The van der Waals surface area contributed by atoms with Gasteiger partial charge in [-0.2, -0.15) is 0 Å². The van der Waals surface area contributed by atoms with Gasteiger partial charge < -0.3 is 5.32 Å². The van der Waals surface area contributed by atoms with Crippen LogP contribution in [-0.4, -0.2) is 15.9 Å². The van der Waals surface area contributed by atoms with E-state index < -0.39 is 0 Å². The van der Waals surface area contributed by atoms with Crippen molar-refractivity contribution in [1.29, 1.82) is 0 Å². The maximum atomic E-state index is 11.5. The number of nitrogens with one attached hydrogen (secondary N) is 1. The van der Waals surface area contributed by atoms with Crippen LogP contribution in [0, 0.1) is 0 Å². The Morgan fingerprint density at radius 2 is 2.30 bits per heavy atom. The van der Waals surface area contributed by atoms with Gasteiger partial charge in [-0.05, 0) is 19.1 Å². The van der Waals surface area contributed by atoms with E-state index in [4.69, 9.17) is 0 Å². The van der Waals surface area contributed by atoms with Gasteiger partial charge in [0.2, 0.25) is 5.91 Å². The van der Waals surface area contributed by atoms with Crippen LogP contribution in [0.25, 0.3) is 10.7 Å². The van der Waals surface area contributed by atoms with E-state index in [1.54, 1.807) is 12.3 Å². The van der Waals surface area contributed by atoms with Gasteiger partial charge in [0.25, 0.3) is 0 Å². The van der Waals surface area contributed by atoms with E-state index in [9.17, 15) is 4.79 Å². The topological polar surface area (TPSA) is 54.9 Å². The minimum atomic E-state index is -0.129. The van der Waals surface area contributed by atoms with Crippen molar-refractivity contribution in [2.75, 3.05) is 0 Å². The summed E-state index contributed by atoms with van der Waals surface area (Å²) in [4.78, 5) is 20.2. The van der Waals surface area contributed by atoms with Gasteiger partial charge in [-0.1, -0.05) is 24.3 Å². The molecule has 5 heteroatoms. The number of carbonyl (C=O) groups is 1. The summed E-state index contributed by atoms with van der Waals surface area (Å²) in [5.41, 5.74) is 1.69. The molecule has 0 aromatic carbocycles. The molecule has 2 aromatic rings. The Labute approximate surface area is 121 Å². The second-order valence-electron chi connectivity index (χ2n) is 3.96. The van der Waals surface area contributed by atoms with Gasteiger partial charge in [0.1, 0.15) is 5.01 Å².